The molecule has 0 atom stereocenters. The zero-order chi connectivity index (χ0) is 13.3. The van der Waals surface area contributed by atoms with Gasteiger partial charge in [-0.25, -0.2) is 4.79 Å². The summed E-state index contributed by atoms with van der Waals surface area (Å²) >= 11 is 6.04. The van der Waals surface area contributed by atoms with Crippen LogP contribution in [0.1, 0.15) is 10.4 Å². The summed E-state index contributed by atoms with van der Waals surface area (Å²) in [7, 11) is 0. The number of benzene rings is 1. The largest absolute Gasteiger partial charge is 0.478 e. The van der Waals surface area contributed by atoms with E-state index in [9.17, 15) is 9.59 Å². The molecule has 1 amide bonds. The van der Waals surface area contributed by atoms with Crippen molar-refractivity contribution in [2.24, 2.45) is 0 Å². The van der Waals surface area contributed by atoms with Crippen molar-refractivity contribution in [2.75, 3.05) is 30.3 Å². The number of anilines is 2. The number of nitrogens with one attached hydrogen (secondary N) is 1. The number of hydrogen-bond donors (Lipinski definition) is 3. The van der Waals surface area contributed by atoms with E-state index in [0.29, 0.717) is 18.8 Å². The van der Waals surface area contributed by atoms with Crippen LogP contribution in [0.3, 0.4) is 0 Å². The number of nitrogen functional groups attached to an aromatic ring is 1. The SMILES string of the molecule is Nc1cc(Cl)c(N2CCNC(=O)C2)c(C(=O)O)c1. The molecule has 1 aliphatic rings. The zero-order valence-electron chi connectivity index (χ0n) is 9.44. The number of halogens is 1. The number of carboxylic acid groups (broad SMARTS) is 1. The van der Waals surface area contributed by atoms with Crippen LogP contribution in [0.15, 0.2) is 12.1 Å². The lowest BCUT2D eigenvalue weighted by Crippen LogP contribution is -2.48. The second-order valence-electron chi connectivity index (χ2n) is 3.98. The standard InChI is InChI=1S/C11H12ClN3O3/c12-8-4-6(13)3-7(11(17)18)10(8)15-2-1-14-9(16)5-15/h3-4H,1-2,5,13H2,(H,14,16)(H,17,18). The molecule has 18 heavy (non-hydrogen) atoms. The molecule has 0 aromatic heterocycles. The molecule has 7 heteroatoms. The lowest BCUT2D eigenvalue weighted by Gasteiger charge is -2.30. The maximum absolute atomic E-state index is 11.3. The van der Waals surface area contributed by atoms with E-state index >= 15 is 0 Å². The van der Waals surface area contributed by atoms with Gasteiger partial charge in [0, 0.05) is 18.8 Å². The van der Waals surface area contributed by atoms with Gasteiger partial charge in [0.1, 0.15) is 0 Å². The van der Waals surface area contributed by atoms with E-state index in [0.717, 1.165) is 0 Å². The van der Waals surface area contributed by atoms with Gasteiger partial charge in [0.05, 0.1) is 22.8 Å². The Morgan fingerprint density at radius 2 is 2.22 bits per heavy atom. The Morgan fingerprint density at radius 1 is 1.50 bits per heavy atom. The summed E-state index contributed by atoms with van der Waals surface area (Å²) in [4.78, 5) is 24.2. The molecule has 4 N–H and O–H groups in total. The predicted molar refractivity (Wildman–Crippen MR) is 68.0 cm³/mol. The molecule has 1 saturated heterocycles. The molecule has 0 unspecified atom stereocenters. The molecule has 1 aromatic carbocycles. The average Bonchev–Trinajstić information content (AvgIpc) is 2.27. The minimum atomic E-state index is -1.12. The van der Waals surface area contributed by atoms with Crippen LogP contribution in [-0.2, 0) is 4.79 Å². The topological polar surface area (TPSA) is 95.7 Å². The Kier molecular flexibility index (Phi) is 3.29. The molecule has 1 heterocycles. The van der Waals surface area contributed by atoms with Crippen molar-refractivity contribution < 1.29 is 14.7 Å². The van der Waals surface area contributed by atoms with Crippen LogP contribution in [0.25, 0.3) is 0 Å². The fraction of sp³-hybridized carbons (Fsp3) is 0.273. The number of carboxylic acids is 1. The quantitative estimate of drug-likeness (QED) is 0.682. The number of nitrogens with zero attached hydrogens (tertiary/aromatic N) is 1. The number of piperazine rings is 1. The summed E-state index contributed by atoms with van der Waals surface area (Å²) in [5, 5.41) is 12.1. The molecule has 0 aliphatic carbocycles. The van der Waals surface area contributed by atoms with Crippen LogP contribution in [0.5, 0.6) is 0 Å². The summed E-state index contributed by atoms with van der Waals surface area (Å²) in [6.07, 6.45) is 0. The fourth-order valence-corrected chi connectivity index (χ4v) is 2.28. The second kappa shape index (κ2) is 4.73. The van der Waals surface area contributed by atoms with Crippen LogP contribution in [0, 0.1) is 0 Å². The first-order valence-corrected chi connectivity index (χ1v) is 5.71. The van der Waals surface area contributed by atoms with Crippen molar-refractivity contribution in [1.29, 1.82) is 0 Å². The second-order valence-corrected chi connectivity index (χ2v) is 4.38. The highest BCUT2D eigenvalue weighted by Gasteiger charge is 2.24. The van der Waals surface area contributed by atoms with Gasteiger partial charge in [-0.15, -0.1) is 0 Å². The molecule has 6 nitrogen and oxygen atoms in total. The van der Waals surface area contributed by atoms with E-state index < -0.39 is 5.97 Å². The number of carbonyl (C=O) groups is 2. The Balaban J connectivity index is 2.48. The van der Waals surface area contributed by atoms with E-state index in [1.54, 1.807) is 4.90 Å². The van der Waals surface area contributed by atoms with Gasteiger partial charge in [-0.2, -0.15) is 0 Å². The molecule has 96 valence electrons. The van der Waals surface area contributed by atoms with Crippen molar-refractivity contribution >= 4 is 34.9 Å². The van der Waals surface area contributed by atoms with Crippen LogP contribution in [-0.4, -0.2) is 36.6 Å². The van der Waals surface area contributed by atoms with E-state index in [1.807, 2.05) is 0 Å². The van der Waals surface area contributed by atoms with Gasteiger partial charge >= 0.3 is 5.97 Å². The Morgan fingerprint density at radius 3 is 2.83 bits per heavy atom. The summed E-state index contributed by atoms with van der Waals surface area (Å²) in [5.41, 5.74) is 6.21. The summed E-state index contributed by atoms with van der Waals surface area (Å²) in [5.74, 6) is -1.28. The Labute approximate surface area is 108 Å². The summed E-state index contributed by atoms with van der Waals surface area (Å²) in [6.45, 7) is 1.05. The van der Waals surface area contributed by atoms with Gasteiger partial charge in [0.15, 0.2) is 0 Å². The smallest absolute Gasteiger partial charge is 0.337 e. The first-order valence-electron chi connectivity index (χ1n) is 5.33. The van der Waals surface area contributed by atoms with Crippen molar-refractivity contribution in [1.82, 2.24) is 5.32 Å². The minimum Gasteiger partial charge on any atom is -0.478 e. The monoisotopic (exact) mass is 269 g/mol. The maximum Gasteiger partial charge on any atom is 0.337 e. The number of rotatable bonds is 2. The van der Waals surface area contributed by atoms with Crippen molar-refractivity contribution in [2.45, 2.75) is 0 Å². The van der Waals surface area contributed by atoms with Crippen LogP contribution >= 0.6 is 11.6 Å². The first kappa shape index (κ1) is 12.5. The molecule has 2 rings (SSSR count). The molecule has 0 bridgehead atoms. The molecular formula is C11H12ClN3O3. The highest BCUT2D eigenvalue weighted by molar-refractivity contribution is 6.34. The van der Waals surface area contributed by atoms with Gasteiger partial charge in [-0.3, -0.25) is 4.79 Å². The van der Waals surface area contributed by atoms with Crippen molar-refractivity contribution in [3.63, 3.8) is 0 Å². The number of carbonyl (C=O) groups excluding carboxylic acids is 1. The van der Waals surface area contributed by atoms with Crippen molar-refractivity contribution in [3.8, 4) is 0 Å². The highest BCUT2D eigenvalue weighted by Crippen LogP contribution is 2.32. The number of hydrogen-bond acceptors (Lipinski definition) is 4. The third-order valence-corrected chi connectivity index (χ3v) is 2.96. The first-order chi connectivity index (χ1) is 8.49. The Bertz CT molecular complexity index is 519. The highest BCUT2D eigenvalue weighted by atomic mass is 35.5. The van der Waals surface area contributed by atoms with Crippen molar-refractivity contribution in [3.05, 3.63) is 22.7 Å². The van der Waals surface area contributed by atoms with E-state index in [2.05, 4.69) is 5.32 Å². The van der Waals surface area contributed by atoms with E-state index in [-0.39, 0.29) is 28.7 Å². The number of nitrogens with two attached hydrogens (primary N) is 1. The normalized spacial score (nSPS) is 15.4. The predicted octanol–water partition coefficient (Wildman–Crippen LogP) is 0.557. The molecular weight excluding hydrogens is 258 g/mol. The van der Waals surface area contributed by atoms with Crippen LogP contribution in [0.2, 0.25) is 5.02 Å². The number of aromatic carboxylic acids is 1. The third kappa shape index (κ3) is 2.33. The molecule has 1 aliphatic heterocycles. The summed E-state index contributed by atoms with van der Waals surface area (Å²) < 4.78 is 0. The molecule has 1 fully saturated rings. The maximum atomic E-state index is 11.3. The lowest BCUT2D eigenvalue weighted by atomic mass is 10.1. The molecule has 0 saturated carbocycles. The van der Waals surface area contributed by atoms with Gasteiger partial charge in [0.2, 0.25) is 5.91 Å². The fourth-order valence-electron chi connectivity index (χ4n) is 1.93. The Hall–Kier alpha value is -1.95. The van der Waals surface area contributed by atoms with Gasteiger partial charge in [-0.05, 0) is 12.1 Å². The van der Waals surface area contributed by atoms with Gasteiger partial charge < -0.3 is 21.1 Å². The zero-order valence-corrected chi connectivity index (χ0v) is 10.2. The van der Waals surface area contributed by atoms with Gasteiger partial charge in [0.25, 0.3) is 0 Å². The molecule has 1 aromatic rings. The summed E-state index contributed by atoms with van der Waals surface area (Å²) in [6, 6.07) is 2.83. The lowest BCUT2D eigenvalue weighted by molar-refractivity contribution is -0.120. The van der Waals surface area contributed by atoms with Crippen LogP contribution < -0.4 is 16.0 Å². The average molecular weight is 270 g/mol. The van der Waals surface area contributed by atoms with E-state index in [1.165, 1.54) is 12.1 Å². The molecule has 0 spiro atoms. The van der Waals surface area contributed by atoms with Crippen LogP contribution in [0.4, 0.5) is 11.4 Å². The number of amides is 1. The van der Waals surface area contributed by atoms with Gasteiger partial charge in [-0.1, -0.05) is 11.6 Å². The van der Waals surface area contributed by atoms with E-state index in [4.69, 9.17) is 22.4 Å². The minimum absolute atomic E-state index is 0.00898. The third-order valence-electron chi connectivity index (χ3n) is 2.67. The molecule has 0 radical (unpaired) electrons.